The molecule has 0 radical (unpaired) electrons. The number of aromatic nitrogens is 2. The topological polar surface area (TPSA) is 53.8 Å². The summed E-state index contributed by atoms with van der Waals surface area (Å²) >= 11 is 0. The van der Waals surface area contributed by atoms with Crippen molar-refractivity contribution in [3.63, 3.8) is 0 Å². The standard InChI is InChI=1S/C20H30N4O2/c1-16-18(13-22(2)21-16)14-23-8-9-24(19(15-23)7-10-25)12-17-5-4-6-20(11-17)26-3/h4-6,11,13,19,25H,7-10,12,14-15H2,1-3H3/t19-/m1/s1. The molecule has 26 heavy (non-hydrogen) atoms. The van der Waals surface area contributed by atoms with Crippen LogP contribution in [0.3, 0.4) is 0 Å². The Morgan fingerprint density at radius 1 is 1.27 bits per heavy atom. The average Bonchev–Trinajstić information content (AvgIpc) is 2.94. The van der Waals surface area contributed by atoms with E-state index >= 15 is 0 Å². The van der Waals surface area contributed by atoms with Crippen LogP contribution in [0.2, 0.25) is 0 Å². The number of aryl methyl sites for hydroxylation is 2. The highest BCUT2D eigenvalue weighted by atomic mass is 16.5. The lowest BCUT2D eigenvalue weighted by molar-refractivity contribution is 0.0498. The number of benzene rings is 1. The van der Waals surface area contributed by atoms with Gasteiger partial charge in [-0.05, 0) is 31.0 Å². The van der Waals surface area contributed by atoms with Crippen molar-refractivity contribution in [3.05, 3.63) is 47.3 Å². The predicted octanol–water partition coefficient (Wildman–Crippen LogP) is 1.81. The first kappa shape index (κ1) is 18.9. The van der Waals surface area contributed by atoms with E-state index in [1.807, 2.05) is 23.9 Å². The lowest BCUT2D eigenvalue weighted by Crippen LogP contribution is -2.52. The number of methoxy groups -OCH3 is 1. The summed E-state index contributed by atoms with van der Waals surface area (Å²) in [6, 6.07) is 8.61. The summed E-state index contributed by atoms with van der Waals surface area (Å²) < 4.78 is 7.22. The molecule has 0 aliphatic carbocycles. The smallest absolute Gasteiger partial charge is 0.119 e. The van der Waals surface area contributed by atoms with Crippen LogP contribution in [0.15, 0.2) is 30.5 Å². The Labute approximate surface area is 156 Å². The normalized spacial score (nSPS) is 19.0. The fraction of sp³-hybridized carbons (Fsp3) is 0.550. The van der Waals surface area contributed by atoms with E-state index in [4.69, 9.17) is 4.74 Å². The van der Waals surface area contributed by atoms with Crippen LogP contribution in [0.5, 0.6) is 5.75 Å². The second-order valence-electron chi connectivity index (χ2n) is 7.14. The van der Waals surface area contributed by atoms with Gasteiger partial charge in [0.25, 0.3) is 0 Å². The maximum atomic E-state index is 9.53. The molecule has 1 aliphatic heterocycles. The minimum atomic E-state index is 0.221. The Morgan fingerprint density at radius 2 is 2.12 bits per heavy atom. The maximum absolute atomic E-state index is 9.53. The minimum absolute atomic E-state index is 0.221. The molecule has 1 aliphatic rings. The van der Waals surface area contributed by atoms with Gasteiger partial charge in [-0.15, -0.1) is 0 Å². The molecule has 0 bridgehead atoms. The van der Waals surface area contributed by atoms with Gasteiger partial charge in [-0.3, -0.25) is 14.5 Å². The van der Waals surface area contributed by atoms with Crippen molar-refractivity contribution in [2.75, 3.05) is 33.4 Å². The van der Waals surface area contributed by atoms with Gasteiger partial charge >= 0.3 is 0 Å². The Balaban J connectivity index is 1.64. The van der Waals surface area contributed by atoms with E-state index in [1.54, 1.807) is 7.11 Å². The van der Waals surface area contributed by atoms with Crippen molar-refractivity contribution in [2.24, 2.45) is 7.05 Å². The second kappa shape index (κ2) is 8.66. The second-order valence-corrected chi connectivity index (χ2v) is 7.14. The molecule has 6 heteroatoms. The number of aliphatic hydroxyl groups excluding tert-OH is 1. The van der Waals surface area contributed by atoms with Crippen LogP contribution < -0.4 is 4.74 Å². The fourth-order valence-electron chi connectivity index (χ4n) is 3.78. The van der Waals surface area contributed by atoms with Crippen LogP contribution in [0.25, 0.3) is 0 Å². The van der Waals surface area contributed by atoms with E-state index in [0.29, 0.717) is 6.04 Å². The van der Waals surface area contributed by atoms with Crippen molar-refractivity contribution in [2.45, 2.75) is 32.5 Å². The van der Waals surface area contributed by atoms with E-state index in [1.165, 1.54) is 11.1 Å². The molecular weight excluding hydrogens is 328 g/mol. The third-order valence-corrected chi connectivity index (χ3v) is 5.18. The van der Waals surface area contributed by atoms with E-state index in [-0.39, 0.29) is 6.61 Å². The molecule has 0 amide bonds. The molecule has 2 aromatic rings. The summed E-state index contributed by atoms with van der Waals surface area (Å²) in [6.07, 6.45) is 2.91. The fourth-order valence-corrected chi connectivity index (χ4v) is 3.78. The Hall–Kier alpha value is -1.89. The van der Waals surface area contributed by atoms with Crippen molar-refractivity contribution < 1.29 is 9.84 Å². The third-order valence-electron chi connectivity index (χ3n) is 5.18. The first-order valence-corrected chi connectivity index (χ1v) is 9.28. The SMILES string of the molecule is COc1cccc(CN2CCN(Cc3cn(C)nc3C)C[C@H]2CCO)c1. The summed E-state index contributed by atoms with van der Waals surface area (Å²) in [5.74, 6) is 0.895. The molecule has 1 fully saturated rings. The van der Waals surface area contributed by atoms with Gasteiger partial charge in [0.1, 0.15) is 5.75 Å². The quantitative estimate of drug-likeness (QED) is 0.818. The van der Waals surface area contributed by atoms with Crippen LogP contribution in [-0.2, 0) is 20.1 Å². The van der Waals surface area contributed by atoms with E-state index in [0.717, 1.165) is 50.6 Å². The third kappa shape index (κ3) is 4.63. The number of ether oxygens (including phenoxy) is 1. The molecule has 1 aromatic heterocycles. The van der Waals surface area contributed by atoms with Crippen LogP contribution in [0.1, 0.15) is 23.2 Å². The minimum Gasteiger partial charge on any atom is -0.497 e. The molecule has 3 rings (SSSR count). The summed E-state index contributed by atoms with van der Waals surface area (Å²) in [5, 5.41) is 14.0. The van der Waals surface area contributed by atoms with Gasteiger partial charge in [0.05, 0.1) is 12.8 Å². The van der Waals surface area contributed by atoms with Gasteiger partial charge in [-0.25, -0.2) is 0 Å². The summed E-state index contributed by atoms with van der Waals surface area (Å²) in [4.78, 5) is 4.96. The van der Waals surface area contributed by atoms with E-state index in [2.05, 4.69) is 40.2 Å². The largest absolute Gasteiger partial charge is 0.497 e. The lowest BCUT2D eigenvalue weighted by Gasteiger charge is -2.41. The molecule has 6 nitrogen and oxygen atoms in total. The van der Waals surface area contributed by atoms with E-state index < -0.39 is 0 Å². The van der Waals surface area contributed by atoms with Gasteiger partial charge in [0.15, 0.2) is 0 Å². The van der Waals surface area contributed by atoms with Gasteiger partial charge in [-0.1, -0.05) is 12.1 Å². The molecule has 1 atom stereocenters. The summed E-state index contributed by atoms with van der Waals surface area (Å²) in [7, 11) is 3.67. The first-order valence-electron chi connectivity index (χ1n) is 9.28. The maximum Gasteiger partial charge on any atom is 0.119 e. The Morgan fingerprint density at radius 3 is 2.81 bits per heavy atom. The van der Waals surface area contributed by atoms with Gasteiger partial charge < -0.3 is 9.84 Å². The highest BCUT2D eigenvalue weighted by Gasteiger charge is 2.27. The molecular formula is C20H30N4O2. The number of hydrogen-bond donors (Lipinski definition) is 1. The number of nitrogens with zero attached hydrogens (tertiary/aromatic N) is 4. The molecule has 1 aromatic carbocycles. The highest BCUT2D eigenvalue weighted by Crippen LogP contribution is 2.21. The van der Waals surface area contributed by atoms with Crippen LogP contribution in [0.4, 0.5) is 0 Å². The monoisotopic (exact) mass is 358 g/mol. The first-order chi connectivity index (χ1) is 12.6. The molecule has 2 heterocycles. The van der Waals surface area contributed by atoms with Gasteiger partial charge in [0.2, 0.25) is 0 Å². The molecule has 0 saturated carbocycles. The molecule has 1 saturated heterocycles. The lowest BCUT2D eigenvalue weighted by atomic mass is 10.1. The molecule has 142 valence electrons. The van der Waals surface area contributed by atoms with E-state index in [9.17, 15) is 5.11 Å². The number of piperazine rings is 1. The van der Waals surface area contributed by atoms with Gasteiger partial charge in [0, 0.05) is 64.2 Å². The van der Waals surface area contributed by atoms with Crippen LogP contribution in [-0.4, -0.2) is 64.1 Å². The Bertz CT molecular complexity index is 716. The molecule has 1 N–H and O–H groups in total. The van der Waals surface area contributed by atoms with Gasteiger partial charge in [-0.2, -0.15) is 5.10 Å². The zero-order valence-corrected chi connectivity index (χ0v) is 16.1. The molecule has 0 unspecified atom stereocenters. The Kier molecular flexibility index (Phi) is 6.29. The van der Waals surface area contributed by atoms with Crippen molar-refractivity contribution in [3.8, 4) is 5.75 Å². The zero-order valence-electron chi connectivity index (χ0n) is 16.1. The number of hydrogen-bond acceptors (Lipinski definition) is 5. The van der Waals surface area contributed by atoms with Crippen molar-refractivity contribution >= 4 is 0 Å². The van der Waals surface area contributed by atoms with Crippen molar-refractivity contribution in [1.82, 2.24) is 19.6 Å². The number of rotatable bonds is 7. The highest BCUT2D eigenvalue weighted by molar-refractivity contribution is 5.28. The predicted molar refractivity (Wildman–Crippen MR) is 102 cm³/mol. The van der Waals surface area contributed by atoms with Crippen LogP contribution >= 0.6 is 0 Å². The summed E-state index contributed by atoms with van der Waals surface area (Å²) in [6.45, 7) is 7.11. The van der Waals surface area contributed by atoms with Crippen LogP contribution in [0, 0.1) is 6.92 Å². The number of aliphatic hydroxyl groups is 1. The molecule has 0 spiro atoms. The summed E-state index contributed by atoms with van der Waals surface area (Å²) in [5.41, 5.74) is 3.64. The van der Waals surface area contributed by atoms with Crippen molar-refractivity contribution in [1.29, 1.82) is 0 Å². The average molecular weight is 358 g/mol. The zero-order chi connectivity index (χ0) is 18.5.